The lowest BCUT2D eigenvalue weighted by atomic mass is 9.98. The van der Waals surface area contributed by atoms with E-state index in [2.05, 4.69) is 9.47 Å². The second kappa shape index (κ2) is 4.77. The van der Waals surface area contributed by atoms with Crippen molar-refractivity contribution in [3.8, 4) is 11.5 Å². The van der Waals surface area contributed by atoms with Crippen LogP contribution in [0.25, 0.3) is 0 Å². The number of aliphatic hydroxyl groups is 1. The third-order valence-electron chi connectivity index (χ3n) is 3.29. The summed E-state index contributed by atoms with van der Waals surface area (Å²) in [4.78, 5) is 0. The van der Waals surface area contributed by atoms with E-state index in [0.717, 1.165) is 12.8 Å². The van der Waals surface area contributed by atoms with Crippen LogP contribution in [0.4, 0.5) is 8.78 Å². The molecule has 3 rings (SSSR count). The summed E-state index contributed by atoms with van der Waals surface area (Å²) in [7, 11) is 0. The van der Waals surface area contributed by atoms with Gasteiger partial charge in [-0.3, -0.25) is 0 Å². The van der Waals surface area contributed by atoms with E-state index in [1.54, 1.807) is 12.1 Å². The molecule has 2 atom stereocenters. The highest BCUT2D eigenvalue weighted by molar-refractivity contribution is 5.85. The molecule has 4 nitrogen and oxygen atoms in total. The minimum Gasteiger partial charge on any atom is -0.395 e. The zero-order chi connectivity index (χ0) is 12.9. The van der Waals surface area contributed by atoms with E-state index in [-0.39, 0.29) is 29.8 Å². The minimum atomic E-state index is -3.66. The molecule has 106 valence electrons. The van der Waals surface area contributed by atoms with Gasteiger partial charge in [0, 0.05) is 5.56 Å². The molecule has 19 heavy (non-hydrogen) atoms. The molecule has 0 aromatic heterocycles. The van der Waals surface area contributed by atoms with Crippen molar-refractivity contribution >= 4 is 12.4 Å². The molecule has 0 amide bonds. The monoisotopic (exact) mass is 293 g/mol. The lowest BCUT2D eigenvalue weighted by Gasteiger charge is -2.19. The Morgan fingerprint density at radius 1 is 1.32 bits per heavy atom. The van der Waals surface area contributed by atoms with Gasteiger partial charge in [0.25, 0.3) is 0 Å². The molecule has 2 aliphatic rings. The van der Waals surface area contributed by atoms with Crippen LogP contribution in [-0.2, 0) is 0 Å². The van der Waals surface area contributed by atoms with Gasteiger partial charge in [-0.1, -0.05) is 12.1 Å². The van der Waals surface area contributed by atoms with Crippen molar-refractivity contribution in [2.24, 2.45) is 11.7 Å². The Hall–Kier alpha value is -1.11. The normalized spacial score (nSPS) is 22.5. The second-order valence-electron chi connectivity index (χ2n) is 4.70. The fourth-order valence-electron chi connectivity index (χ4n) is 2.17. The first-order valence-corrected chi connectivity index (χ1v) is 5.80. The molecule has 7 heteroatoms. The van der Waals surface area contributed by atoms with E-state index >= 15 is 0 Å². The lowest BCUT2D eigenvalue weighted by Crippen LogP contribution is -2.29. The topological polar surface area (TPSA) is 64.7 Å². The van der Waals surface area contributed by atoms with E-state index in [1.807, 2.05) is 0 Å². The van der Waals surface area contributed by atoms with Gasteiger partial charge < -0.3 is 20.3 Å². The van der Waals surface area contributed by atoms with Gasteiger partial charge in [-0.2, -0.15) is 0 Å². The summed E-state index contributed by atoms with van der Waals surface area (Å²) in [5.74, 6) is 0.0318. The van der Waals surface area contributed by atoms with Crippen LogP contribution in [0.1, 0.15) is 24.4 Å². The number of hydrogen-bond donors (Lipinski definition) is 2. The maximum absolute atomic E-state index is 13.0. The lowest BCUT2D eigenvalue weighted by molar-refractivity contribution is -0.287. The number of para-hydroxylation sites is 1. The molecule has 1 aromatic rings. The van der Waals surface area contributed by atoms with Crippen LogP contribution in [0.15, 0.2) is 18.2 Å². The summed E-state index contributed by atoms with van der Waals surface area (Å²) in [5, 5.41) is 9.96. The van der Waals surface area contributed by atoms with E-state index < -0.39 is 18.4 Å². The zero-order valence-corrected chi connectivity index (χ0v) is 10.7. The molecule has 1 fully saturated rings. The van der Waals surface area contributed by atoms with Crippen molar-refractivity contribution in [2.75, 3.05) is 0 Å². The average molecular weight is 294 g/mol. The number of benzene rings is 1. The Balaban J connectivity index is 0.00000133. The van der Waals surface area contributed by atoms with Crippen LogP contribution in [0.3, 0.4) is 0 Å². The maximum Gasteiger partial charge on any atom is 0.586 e. The average Bonchev–Trinajstić information content (AvgIpc) is 3.08. The third kappa shape index (κ3) is 2.61. The molecule has 1 aliphatic carbocycles. The summed E-state index contributed by atoms with van der Waals surface area (Å²) in [6.07, 6.45) is -2.58. The number of aliphatic hydroxyl groups excluding tert-OH is 1. The predicted octanol–water partition coefficient (Wildman–Crippen LogP) is 2.20. The van der Waals surface area contributed by atoms with Crippen LogP contribution < -0.4 is 15.2 Å². The number of nitrogens with two attached hydrogens (primary N) is 1. The van der Waals surface area contributed by atoms with Crippen molar-refractivity contribution < 1.29 is 23.4 Å². The minimum absolute atomic E-state index is 0. The molecule has 0 unspecified atom stereocenters. The van der Waals surface area contributed by atoms with Crippen LogP contribution in [0.2, 0.25) is 0 Å². The van der Waals surface area contributed by atoms with Gasteiger partial charge in [0.1, 0.15) is 0 Å². The van der Waals surface area contributed by atoms with Gasteiger partial charge in [-0.15, -0.1) is 21.2 Å². The number of ether oxygens (including phenoxy) is 2. The summed E-state index contributed by atoms with van der Waals surface area (Å²) >= 11 is 0. The standard InChI is InChI=1S/C12H13F2NO3.ClH/c13-12(14)17-8-3-1-2-7(11(8)18-12)9(15)10(16)6-4-5-6;/h1-3,6,9-10,16H,4-5,15H2;1H/t9-,10+;/m1./s1. The molecule has 0 saturated heterocycles. The fraction of sp³-hybridized carbons (Fsp3) is 0.500. The number of hydrogen-bond acceptors (Lipinski definition) is 4. The van der Waals surface area contributed by atoms with Crippen molar-refractivity contribution in [1.82, 2.24) is 0 Å². The molecule has 3 N–H and O–H groups in total. The fourth-order valence-corrected chi connectivity index (χ4v) is 2.17. The number of fused-ring (bicyclic) bond motifs is 1. The first kappa shape index (κ1) is 14.3. The predicted molar refractivity (Wildman–Crippen MR) is 65.6 cm³/mol. The maximum atomic E-state index is 13.0. The molecule has 0 bridgehead atoms. The Bertz CT molecular complexity index is 482. The summed E-state index contributed by atoms with van der Waals surface area (Å²) in [5.41, 5.74) is 6.26. The third-order valence-corrected chi connectivity index (χ3v) is 3.29. The van der Waals surface area contributed by atoms with Crippen LogP contribution in [0, 0.1) is 5.92 Å². The van der Waals surface area contributed by atoms with E-state index in [0.29, 0.717) is 5.56 Å². The van der Waals surface area contributed by atoms with Crippen LogP contribution in [-0.4, -0.2) is 17.5 Å². The number of alkyl halides is 2. The van der Waals surface area contributed by atoms with E-state index in [1.165, 1.54) is 6.07 Å². The molecular formula is C12H14ClF2NO3. The Morgan fingerprint density at radius 3 is 2.63 bits per heavy atom. The zero-order valence-electron chi connectivity index (χ0n) is 9.88. The molecule has 1 aromatic carbocycles. The largest absolute Gasteiger partial charge is 0.586 e. The smallest absolute Gasteiger partial charge is 0.395 e. The summed E-state index contributed by atoms with van der Waals surface area (Å²) in [6, 6.07) is 3.76. The first-order valence-electron chi connectivity index (χ1n) is 5.80. The molecule has 0 radical (unpaired) electrons. The highest BCUT2D eigenvalue weighted by Gasteiger charge is 2.46. The number of rotatable bonds is 3. The SMILES string of the molecule is Cl.N[C@H](c1cccc2c1OC(F)(F)O2)[C@@H](O)C1CC1. The highest BCUT2D eigenvalue weighted by atomic mass is 35.5. The quantitative estimate of drug-likeness (QED) is 0.897. The van der Waals surface area contributed by atoms with E-state index in [9.17, 15) is 13.9 Å². The van der Waals surface area contributed by atoms with Gasteiger partial charge >= 0.3 is 6.29 Å². The number of halogens is 3. The van der Waals surface area contributed by atoms with Crippen molar-refractivity contribution in [3.05, 3.63) is 23.8 Å². The first-order chi connectivity index (χ1) is 8.48. The molecular weight excluding hydrogens is 280 g/mol. The molecule has 1 aliphatic heterocycles. The molecule has 1 heterocycles. The van der Waals surface area contributed by atoms with Crippen molar-refractivity contribution in [3.63, 3.8) is 0 Å². The summed E-state index contributed by atoms with van der Waals surface area (Å²) in [6.45, 7) is 0. The highest BCUT2D eigenvalue weighted by Crippen LogP contribution is 2.47. The Morgan fingerprint density at radius 2 is 2.00 bits per heavy atom. The van der Waals surface area contributed by atoms with Crippen LogP contribution in [0.5, 0.6) is 11.5 Å². The molecule has 0 spiro atoms. The van der Waals surface area contributed by atoms with Gasteiger partial charge in [-0.25, -0.2) is 0 Å². The van der Waals surface area contributed by atoms with E-state index in [4.69, 9.17) is 5.73 Å². The van der Waals surface area contributed by atoms with Gasteiger partial charge in [0.2, 0.25) is 0 Å². The van der Waals surface area contributed by atoms with Crippen molar-refractivity contribution in [1.29, 1.82) is 0 Å². The molecule has 1 saturated carbocycles. The Kier molecular flexibility index (Phi) is 3.59. The van der Waals surface area contributed by atoms with Gasteiger partial charge in [-0.05, 0) is 24.8 Å². The van der Waals surface area contributed by atoms with Gasteiger partial charge in [0.15, 0.2) is 11.5 Å². The van der Waals surface area contributed by atoms with Crippen molar-refractivity contribution in [2.45, 2.75) is 31.3 Å². The van der Waals surface area contributed by atoms with Crippen LogP contribution >= 0.6 is 12.4 Å². The van der Waals surface area contributed by atoms with Gasteiger partial charge in [0.05, 0.1) is 12.1 Å². The Labute approximate surface area is 114 Å². The second-order valence-corrected chi connectivity index (χ2v) is 4.70. The summed E-state index contributed by atoms with van der Waals surface area (Å²) < 4.78 is 34.8.